The SMILES string of the molecule is Cc1ccc(S(=O)(=O)Oc2ccc3c(-c4ccccc4)cc(=O)oc3c2)cc1. The fraction of sp³-hybridized carbons (Fsp3) is 0.0455. The van der Waals surface area contributed by atoms with E-state index in [9.17, 15) is 13.2 Å². The van der Waals surface area contributed by atoms with E-state index in [1.807, 2.05) is 37.3 Å². The molecule has 0 atom stereocenters. The van der Waals surface area contributed by atoms with Crippen molar-refractivity contribution in [2.75, 3.05) is 0 Å². The van der Waals surface area contributed by atoms with Crippen LogP contribution in [0, 0.1) is 6.92 Å². The van der Waals surface area contributed by atoms with Gasteiger partial charge in [0, 0.05) is 17.5 Å². The highest BCUT2D eigenvalue weighted by atomic mass is 32.2. The summed E-state index contributed by atoms with van der Waals surface area (Å²) in [6.07, 6.45) is 0. The molecule has 5 nitrogen and oxygen atoms in total. The average molecular weight is 392 g/mol. The Kier molecular flexibility index (Phi) is 4.49. The molecule has 0 amide bonds. The molecule has 1 aromatic heterocycles. The van der Waals surface area contributed by atoms with Crippen LogP contribution in [0.5, 0.6) is 5.75 Å². The van der Waals surface area contributed by atoms with Crippen molar-refractivity contribution >= 4 is 21.1 Å². The Labute approximate surface area is 162 Å². The van der Waals surface area contributed by atoms with Crippen molar-refractivity contribution in [3.8, 4) is 16.9 Å². The maximum Gasteiger partial charge on any atom is 0.339 e. The zero-order valence-electron chi connectivity index (χ0n) is 15.0. The Morgan fingerprint density at radius 1 is 0.857 bits per heavy atom. The molecule has 4 rings (SSSR count). The summed E-state index contributed by atoms with van der Waals surface area (Å²) in [5, 5.41) is 0.686. The molecule has 0 N–H and O–H groups in total. The van der Waals surface area contributed by atoms with Gasteiger partial charge in [0.05, 0.1) is 0 Å². The quantitative estimate of drug-likeness (QED) is 0.377. The van der Waals surface area contributed by atoms with Gasteiger partial charge in [0.2, 0.25) is 0 Å². The molecule has 3 aromatic carbocycles. The fourth-order valence-corrected chi connectivity index (χ4v) is 3.85. The molecular formula is C22H16O5S. The largest absolute Gasteiger partial charge is 0.423 e. The highest BCUT2D eigenvalue weighted by molar-refractivity contribution is 7.87. The number of benzene rings is 3. The lowest BCUT2D eigenvalue weighted by atomic mass is 10.0. The first-order chi connectivity index (χ1) is 13.4. The van der Waals surface area contributed by atoms with Gasteiger partial charge in [0.25, 0.3) is 0 Å². The van der Waals surface area contributed by atoms with E-state index in [1.54, 1.807) is 24.3 Å². The second-order valence-corrected chi connectivity index (χ2v) is 7.90. The highest BCUT2D eigenvalue weighted by Gasteiger charge is 2.17. The lowest BCUT2D eigenvalue weighted by molar-refractivity contribution is 0.485. The van der Waals surface area contributed by atoms with E-state index in [4.69, 9.17) is 8.60 Å². The van der Waals surface area contributed by atoms with Gasteiger partial charge < -0.3 is 8.60 Å². The third-order valence-corrected chi connectivity index (χ3v) is 5.58. The zero-order valence-corrected chi connectivity index (χ0v) is 15.8. The minimum absolute atomic E-state index is 0.0534. The summed E-state index contributed by atoms with van der Waals surface area (Å²) in [5.74, 6) is 0.0708. The summed E-state index contributed by atoms with van der Waals surface area (Å²) in [6.45, 7) is 1.87. The van der Waals surface area contributed by atoms with Crippen molar-refractivity contribution < 1.29 is 17.0 Å². The number of rotatable bonds is 4. The smallest absolute Gasteiger partial charge is 0.339 e. The summed E-state index contributed by atoms with van der Waals surface area (Å²) in [5.41, 5.74) is 2.24. The Morgan fingerprint density at radius 2 is 1.57 bits per heavy atom. The van der Waals surface area contributed by atoms with Crippen LogP contribution in [0.2, 0.25) is 0 Å². The molecule has 0 radical (unpaired) electrons. The van der Waals surface area contributed by atoms with Crippen molar-refractivity contribution in [2.45, 2.75) is 11.8 Å². The molecule has 0 bridgehead atoms. The van der Waals surface area contributed by atoms with E-state index < -0.39 is 15.7 Å². The number of aryl methyl sites for hydroxylation is 1. The third kappa shape index (κ3) is 3.54. The molecule has 0 aliphatic rings. The predicted molar refractivity (Wildman–Crippen MR) is 107 cm³/mol. The lowest BCUT2D eigenvalue weighted by Crippen LogP contribution is -2.09. The van der Waals surface area contributed by atoms with Crippen LogP contribution in [-0.2, 0) is 10.1 Å². The van der Waals surface area contributed by atoms with E-state index in [1.165, 1.54) is 24.3 Å². The second-order valence-electron chi connectivity index (χ2n) is 6.35. The number of hydrogen-bond donors (Lipinski definition) is 0. The Bertz CT molecular complexity index is 1300. The summed E-state index contributed by atoms with van der Waals surface area (Å²) in [7, 11) is -3.99. The van der Waals surface area contributed by atoms with Crippen molar-refractivity contribution in [3.05, 3.63) is 94.8 Å². The molecular weight excluding hydrogens is 376 g/mol. The molecule has 28 heavy (non-hydrogen) atoms. The zero-order chi connectivity index (χ0) is 19.7. The second kappa shape index (κ2) is 6.98. The molecule has 0 saturated carbocycles. The van der Waals surface area contributed by atoms with Crippen LogP contribution >= 0.6 is 0 Å². The molecule has 0 saturated heterocycles. The normalized spacial score (nSPS) is 11.5. The van der Waals surface area contributed by atoms with E-state index in [0.29, 0.717) is 10.9 Å². The van der Waals surface area contributed by atoms with Crippen molar-refractivity contribution in [2.24, 2.45) is 0 Å². The minimum atomic E-state index is -3.99. The number of hydrogen-bond acceptors (Lipinski definition) is 5. The van der Waals surface area contributed by atoms with E-state index in [2.05, 4.69) is 0 Å². The van der Waals surface area contributed by atoms with E-state index in [-0.39, 0.29) is 16.2 Å². The molecule has 0 fully saturated rings. The van der Waals surface area contributed by atoms with Crippen LogP contribution < -0.4 is 9.81 Å². The van der Waals surface area contributed by atoms with Gasteiger partial charge in [-0.1, -0.05) is 48.0 Å². The summed E-state index contributed by atoms with van der Waals surface area (Å²) >= 11 is 0. The van der Waals surface area contributed by atoms with Crippen LogP contribution in [0.3, 0.4) is 0 Å². The topological polar surface area (TPSA) is 73.6 Å². The van der Waals surface area contributed by atoms with Gasteiger partial charge in [-0.15, -0.1) is 0 Å². The van der Waals surface area contributed by atoms with Crippen LogP contribution in [0.25, 0.3) is 22.1 Å². The maximum atomic E-state index is 12.5. The fourth-order valence-electron chi connectivity index (χ4n) is 2.93. The first-order valence-corrected chi connectivity index (χ1v) is 9.98. The van der Waals surface area contributed by atoms with Gasteiger partial charge in [-0.2, -0.15) is 8.42 Å². The minimum Gasteiger partial charge on any atom is -0.423 e. The van der Waals surface area contributed by atoms with Crippen LogP contribution in [0.15, 0.2) is 93.0 Å². The monoisotopic (exact) mass is 392 g/mol. The number of fused-ring (bicyclic) bond motifs is 1. The molecule has 1 heterocycles. The molecule has 6 heteroatoms. The van der Waals surface area contributed by atoms with Gasteiger partial charge in [0.1, 0.15) is 16.2 Å². The predicted octanol–water partition coefficient (Wildman–Crippen LogP) is 4.54. The van der Waals surface area contributed by atoms with Gasteiger partial charge in [0.15, 0.2) is 0 Å². The Balaban J connectivity index is 1.76. The Morgan fingerprint density at radius 3 is 2.29 bits per heavy atom. The molecule has 0 unspecified atom stereocenters. The summed E-state index contributed by atoms with van der Waals surface area (Å²) in [6, 6.07) is 21.8. The van der Waals surface area contributed by atoms with Crippen molar-refractivity contribution in [1.82, 2.24) is 0 Å². The van der Waals surface area contributed by atoms with Crippen LogP contribution in [0.4, 0.5) is 0 Å². The molecule has 0 aliphatic carbocycles. The van der Waals surface area contributed by atoms with E-state index >= 15 is 0 Å². The lowest BCUT2D eigenvalue weighted by Gasteiger charge is -2.09. The molecule has 0 spiro atoms. The van der Waals surface area contributed by atoms with Crippen molar-refractivity contribution in [1.29, 1.82) is 0 Å². The molecule has 0 aliphatic heterocycles. The first kappa shape index (κ1) is 18.0. The maximum absolute atomic E-state index is 12.5. The van der Waals surface area contributed by atoms with Crippen LogP contribution in [0.1, 0.15) is 5.56 Å². The summed E-state index contributed by atoms with van der Waals surface area (Å²) in [4.78, 5) is 12.1. The van der Waals surface area contributed by atoms with E-state index in [0.717, 1.165) is 11.1 Å². The van der Waals surface area contributed by atoms with Gasteiger partial charge in [-0.3, -0.25) is 0 Å². The Hall–Kier alpha value is -3.38. The highest BCUT2D eigenvalue weighted by Crippen LogP contribution is 2.30. The standard InChI is InChI=1S/C22H16O5S/c1-15-7-10-18(11-8-15)28(24,25)27-17-9-12-19-20(16-5-3-2-4-6-16)14-22(23)26-21(19)13-17/h2-14H,1H3. The van der Waals surface area contributed by atoms with Gasteiger partial charge in [-0.25, -0.2) is 4.79 Å². The molecule has 140 valence electrons. The van der Waals surface area contributed by atoms with Gasteiger partial charge in [-0.05, 0) is 42.3 Å². The first-order valence-electron chi connectivity index (χ1n) is 8.57. The molecule has 4 aromatic rings. The third-order valence-electron chi connectivity index (χ3n) is 4.32. The average Bonchev–Trinajstić information content (AvgIpc) is 2.68. The van der Waals surface area contributed by atoms with Gasteiger partial charge >= 0.3 is 15.7 Å². The van der Waals surface area contributed by atoms with Crippen LogP contribution in [-0.4, -0.2) is 8.42 Å². The summed E-state index contributed by atoms with van der Waals surface area (Å²) < 4.78 is 35.5. The van der Waals surface area contributed by atoms with Crippen molar-refractivity contribution in [3.63, 3.8) is 0 Å².